The number of hydrogen-bond acceptors (Lipinski definition) is 0. The molecular weight excluding hydrogens is 144 g/mol. The number of fused-ring (bicyclic) bond motifs is 2. The molecule has 4 fully saturated rings. The van der Waals surface area contributed by atoms with Crippen molar-refractivity contribution in [1.82, 2.24) is 0 Å². The third kappa shape index (κ3) is 0.701. The Balaban J connectivity index is 1.56. The molecule has 0 spiro atoms. The van der Waals surface area contributed by atoms with Gasteiger partial charge in [-0.05, 0) is 74.0 Å². The second-order valence-corrected chi connectivity index (χ2v) is 5.80. The Labute approximate surface area is 74.7 Å². The minimum absolute atomic E-state index is 1.22. The lowest BCUT2D eigenvalue weighted by atomic mass is 9.84. The van der Waals surface area contributed by atoms with Gasteiger partial charge in [-0.25, -0.2) is 0 Å². The van der Waals surface area contributed by atoms with Gasteiger partial charge in [0.2, 0.25) is 0 Å². The van der Waals surface area contributed by atoms with Crippen molar-refractivity contribution in [3.63, 3.8) is 0 Å². The van der Waals surface area contributed by atoms with Crippen LogP contribution in [-0.2, 0) is 0 Å². The molecule has 4 aliphatic rings. The molecule has 4 rings (SSSR count). The van der Waals surface area contributed by atoms with Gasteiger partial charge in [-0.15, -0.1) is 0 Å². The molecule has 0 bridgehead atoms. The monoisotopic (exact) mass is 162 g/mol. The molecule has 0 amide bonds. The van der Waals surface area contributed by atoms with E-state index in [1.807, 2.05) is 0 Å². The van der Waals surface area contributed by atoms with Crippen LogP contribution in [-0.4, -0.2) is 0 Å². The van der Waals surface area contributed by atoms with Crippen molar-refractivity contribution < 1.29 is 0 Å². The van der Waals surface area contributed by atoms with E-state index in [-0.39, 0.29) is 0 Å². The molecule has 0 heteroatoms. The van der Waals surface area contributed by atoms with E-state index in [1.165, 1.54) is 35.5 Å². The summed E-state index contributed by atoms with van der Waals surface area (Å²) in [5.74, 6) is 7.32. The van der Waals surface area contributed by atoms with E-state index in [0.717, 1.165) is 0 Å². The van der Waals surface area contributed by atoms with Crippen molar-refractivity contribution in [3.05, 3.63) is 0 Å². The molecule has 0 aromatic rings. The summed E-state index contributed by atoms with van der Waals surface area (Å²) < 4.78 is 0. The van der Waals surface area contributed by atoms with Gasteiger partial charge in [0.1, 0.15) is 0 Å². The SMILES string of the molecule is C1CC(C2CCC3CC32)C2CC12. The van der Waals surface area contributed by atoms with Gasteiger partial charge in [0.15, 0.2) is 0 Å². The van der Waals surface area contributed by atoms with Gasteiger partial charge < -0.3 is 0 Å². The Morgan fingerprint density at radius 2 is 1.00 bits per heavy atom. The summed E-state index contributed by atoms with van der Waals surface area (Å²) in [6.45, 7) is 0. The third-order valence-electron chi connectivity index (χ3n) is 5.35. The maximum absolute atomic E-state index is 1.62. The minimum atomic E-state index is 1.22. The van der Waals surface area contributed by atoms with Gasteiger partial charge in [-0.2, -0.15) is 0 Å². The van der Waals surface area contributed by atoms with Gasteiger partial charge in [-0.3, -0.25) is 0 Å². The molecule has 66 valence electrons. The van der Waals surface area contributed by atoms with Gasteiger partial charge in [0.25, 0.3) is 0 Å². The first-order chi connectivity index (χ1) is 5.93. The Kier molecular flexibility index (Phi) is 1.03. The molecular formula is C12H18. The summed E-state index contributed by atoms with van der Waals surface area (Å²) in [6.07, 6.45) is 9.68. The van der Waals surface area contributed by atoms with Crippen LogP contribution in [0.1, 0.15) is 38.5 Å². The Morgan fingerprint density at radius 3 is 1.25 bits per heavy atom. The third-order valence-corrected chi connectivity index (χ3v) is 5.35. The van der Waals surface area contributed by atoms with Gasteiger partial charge in [-0.1, -0.05) is 0 Å². The fraction of sp³-hybridized carbons (Fsp3) is 1.00. The summed E-state index contributed by atoms with van der Waals surface area (Å²) in [5, 5.41) is 0. The van der Waals surface area contributed by atoms with E-state index in [4.69, 9.17) is 0 Å². The van der Waals surface area contributed by atoms with Crippen molar-refractivity contribution in [2.75, 3.05) is 0 Å². The predicted octanol–water partition coefficient (Wildman–Crippen LogP) is 3.08. The first-order valence-electron chi connectivity index (χ1n) is 5.93. The van der Waals surface area contributed by atoms with Gasteiger partial charge in [0, 0.05) is 0 Å². The van der Waals surface area contributed by atoms with E-state index in [9.17, 15) is 0 Å². The highest BCUT2D eigenvalue weighted by atomic mass is 14.6. The topological polar surface area (TPSA) is 0 Å². The zero-order chi connectivity index (χ0) is 7.71. The van der Waals surface area contributed by atoms with Crippen molar-refractivity contribution in [3.8, 4) is 0 Å². The fourth-order valence-electron chi connectivity index (χ4n) is 4.56. The lowest BCUT2D eigenvalue weighted by molar-refractivity contribution is 0.279. The summed E-state index contributed by atoms with van der Waals surface area (Å²) in [7, 11) is 0. The number of hydrogen-bond donors (Lipinski definition) is 0. The van der Waals surface area contributed by atoms with Gasteiger partial charge in [0.05, 0.1) is 0 Å². The zero-order valence-electron chi connectivity index (χ0n) is 7.71. The maximum Gasteiger partial charge on any atom is -0.0352 e. The van der Waals surface area contributed by atoms with E-state index >= 15 is 0 Å². The van der Waals surface area contributed by atoms with Crippen LogP contribution in [0.5, 0.6) is 0 Å². The average molecular weight is 162 g/mol. The van der Waals surface area contributed by atoms with Crippen LogP contribution in [0.25, 0.3) is 0 Å². The summed E-state index contributed by atoms with van der Waals surface area (Å²) in [5.41, 5.74) is 0. The molecule has 12 heavy (non-hydrogen) atoms. The fourth-order valence-corrected chi connectivity index (χ4v) is 4.56. The molecule has 0 aromatic carbocycles. The van der Waals surface area contributed by atoms with E-state index in [1.54, 1.807) is 38.5 Å². The normalized spacial score (nSPS) is 66.0. The van der Waals surface area contributed by atoms with Crippen molar-refractivity contribution in [2.45, 2.75) is 38.5 Å². The van der Waals surface area contributed by atoms with Crippen LogP contribution < -0.4 is 0 Å². The largest absolute Gasteiger partial charge is 0.0499 e. The average Bonchev–Trinajstić information content (AvgIpc) is 2.95. The zero-order valence-corrected chi connectivity index (χ0v) is 7.71. The minimum Gasteiger partial charge on any atom is -0.0499 e. The first-order valence-corrected chi connectivity index (χ1v) is 5.93. The molecule has 4 aliphatic carbocycles. The molecule has 0 N–H and O–H groups in total. The second-order valence-electron chi connectivity index (χ2n) is 5.80. The highest BCUT2D eigenvalue weighted by Crippen LogP contribution is 2.66. The summed E-state index contributed by atoms with van der Waals surface area (Å²) >= 11 is 0. The highest BCUT2D eigenvalue weighted by Gasteiger charge is 2.57. The van der Waals surface area contributed by atoms with Crippen LogP contribution in [0.4, 0.5) is 0 Å². The Hall–Kier alpha value is 0. The molecule has 0 aliphatic heterocycles. The smallest absolute Gasteiger partial charge is 0.0352 e. The Bertz CT molecular complexity index is 196. The first kappa shape index (κ1) is 6.45. The molecule has 0 aromatic heterocycles. The molecule has 0 heterocycles. The lowest BCUT2D eigenvalue weighted by Gasteiger charge is -2.21. The molecule has 6 atom stereocenters. The lowest BCUT2D eigenvalue weighted by Crippen LogP contribution is -2.14. The van der Waals surface area contributed by atoms with Crippen molar-refractivity contribution in [1.29, 1.82) is 0 Å². The standard InChI is InChI=1S/C12H18/c1-3-9(11-5-7(1)11)10-4-2-8-6-12(8)10/h7-12H,1-6H2. The van der Waals surface area contributed by atoms with E-state index in [0.29, 0.717) is 0 Å². The van der Waals surface area contributed by atoms with Crippen LogP contribution in [0.3, 0.4) is 0 Å². The maximum atomic E-state index is 1.62. The highest BCUT2D eigenvalue weighted by molar-refractivity contribution is 5.07. The van der Waals surface area contributed by atoms with Crippen LogP contribution in [0, 0.1) is 35.5 Å². The van der Waals surface area contributed by atoms with Crippen molar-refractivity contribution in [2.24, 2.45) is 35.5 Å². The van der Waals surface area contributed by atoms with Crippen molar-refractivity contribution >= 4 is 0 Å². The van der Waals surface area contributed by atoms with E-state index < -0.39 is 0 Å². The molecule has 0 radical (unpaired) electrons. The quantitative estimate of drug-likeness (QED) is 0.556. The second kappa shape index (κ2) is 1.91. The number of rotatable bonds is 1. The molecule has 0 nitrogen and oxygen atoms in total. The Morgan fingerprint density at radius 1 is 0.500 bits per heavy atom. The summed E-state index contributed by atoms with van der Waals surface area (Å²) in [6, 6.07) is 0. The molecule has 4 saturated carbocycles. The van der Waals surface area contributed by atoms with Crippen LogP contribution >= 0.6 is 0 Å². The van der Waals surface area contributed by atoms with E-state index in [2.05, 4.69) is 0 Å². The van der Waals surface area contributed by atoms with Gasteiger partial charge >= 0.3 is 0 Å². The predicted molar refractivity (Wildman–Crippen MR) is 48.6 cm³/mol. The molecule has 0 saturated heterocycles. The van der Waals surface area contributed by atoms with Crippen LogP contribution in [0.2, 0.25) is 0 Å². The molecule has 6 unspecified atom stereocenters. The van der Waals surface area contributed by atoms with Crippen LogP contribution in [0.15, 0.2) is 0 Å². The summed E-state index contributed by atoms with van der Waals surface area (Å²) in [4.78, 5) is 0.